The van der Waals surface area contributed by atoms with Crippen LogP contribution in [0.2, 0.25) is 0 Å². The molecule has 0 heterocycles. The Morgan fingerprint density at radius 1 is 0.621 bits per heavy atom. The minimum absolute atomic E-state index is 0.488. The topological polar surface area (TPSA) is 29.5 Å². The van der Waals surface area contributed by atoms with Crippen LogP contribution >= 0.6 is 0 Å². The highest BCUT2D eigenvalue weighted by atomic mass is 16.5. The lowest BCUT2D eigenvalue weighted by Gasteiger charge is -2.19. The van der Waals surface area contributed by atoms with Gasteiger partial charge in [0.1, 0.15) is 18.1 Å². The van der Waals surface area contributed by atoms with Gasteiger partial charge in [0.25, 0.3) is 0 Å². The fourth-order valence-electron chi connectivity index (χ4n) is 4.38. The van der Waals surface area contributed by atoms with Gasteiger partial charge in [0.2, 0.25) is 0 Å². The Morgan fingerprint density at radius 3 is 1.97 bits per heavy atom. The smallest absolute Gasteiger partial charge is 0.123 e. The van der Waals surface area contributed by atoms with Gasteiger partial charge in [0, 0.05) is 0 Å². The van der Waals surface area contributed by atoms with Crippen LogP contribution in [-0.2, 0) is 32.3 Å². The maximum atomic E-state index is 9.46. The van der Waals surface area contributed by atoms with Crippen molar-refractivity contribution in [3.8, 4) is 11.5 Å². The first-order chi connectivity index (χ1) is 14.3. The average molecular weight is 387 g/mol. The van der Waals surface area contributed by atoms with Crippen molar-refractivity contribution >= 4 is 0 Å². The molecule has 5 rings (SSSR count). The zero-order valence-electron chi connectivity index (χ0n) is 17.1. The highest BCUT2D eigenvalue weighted by Gasteiger charge is 2.13. The first-order valence-electron chi connectivity index (χ1n) is 10.9. The highest BCUT2D eigenvalue weighted by Crippen LogP contribution is 2.30. The van der Waals surface area contributed by atoms with E-state index in [1.807, 2.05) is 12.1 Å². The molecule has 2 nitrogen and oxygen atoms in total. The third-order valence-corrected chi connectivity index (χ3v) is 5.96. The molecule has 0 radical (unpaired) electrons. The van der Waals surface area contributed by atoms with Crippen LogP contribution in [0.3, 0.4) is 0 Å². The maximum absolute atomic E-state index is 9.46. The van der Waals surface area contributed by atoms with E-state index in [4.69, 9.17) is 4.74 Å². The molecule has 0 fully saturated rings. The number of phenols is 1. The van der Waals surface area contributed by atoms with Gasteiger partial charge in [-0.15, -0.1) is 0 Å². The summed E-state index contributed by atoms with van der Waals surface area (Å²) in [5.74, 6) is 1.57. The second-order valence-corrected chi connectivity index (χ2v) is 8.00. The molecule has 2 aliphatic rings. The number of fused-ring (bicyclic) bond motifs is 2. The van der Waals surface area contributed by atoms with E-state index in [-0.39, 0.29) is 0 Å². The lowest BCUT2D eigenvalue weighted by atomic mass is 9.91. The summed E-state index contributed by atoms with van der Waals surface area (Å²) in [5, 5.41) is 9.46. The van der Waals surface area contributed by atoms with Crippen LogP contribution < -0.4 is 4.74 Å². The summed E-state index contributed by atoms with van der Waals surface area (Å²) in [6.07, 6.45) is 9.68. The molecular weight excluding hydrogens is 356 g/mol. The standard InChI is InChI=1S/C17H18O.C10H12O/c1-2-7-14(8-3-1)13-18-17-12-6-10-15-9-4-5-11-16(15)17;11-10-7-3-5-8-4-1-2-6-9(8)10/h1-3,6-8,10,12H,4-5,9,11,13H2;3,5,7,11H,1-2,4,6H2. The highest BCUT2D eigenvalue weighted by molar-refractivity contribution is 5.42. The molecule has 0 saturated carbocycles. The Hall–Kier alpha value is -2.74. The SMILES string of the molecule is Oc1cccc2c1CCCC2.c1ccc(COc2cccc3c2CCCC3)cc1. The van der Waals surface area contributed by atoms with Gasteiger partial charge in [-0.3, -0.25) is 0 Å². The molecule has 3 aromatic carbocycles. The Morgan fingerprint density at radius 2 is 1.24 bits per heavy atom. The van der Waals surface area contributed by atoms with Crippen molar-refractivity contribution in [1.82, 2.24) is 0 Å². The van der Waals surface area contributed by atoms with Gasteiger partial charge in [0.05, 0.1) is 0 Å². The second-order valence-electron chi connectivity index (χ2n) is 8.00. The monoisotopic (exact) mass is 386 g/mol. The summed E-state index contributed by atoms with van der Waals surface area (Å²) in [4.78, 5) is 0. The molecule has 3 aromatic rings. The predicted octanol–water partition coefficient (Wildman–Crippen LogP) is 6.42. The molecule has 2 heteroatoms. The molecule has 1 N–H and O–H groups in total. The average Bonchev–Trinajstić information content (AvgIpc) is 2.79. The molecule has 150 valence electrons. The lowest BCUT2D eigenvalue weighted by Crippen LogP contribution is -2.06. The first kappa shape index (κ1) is 19.6. The van der Waals surface area contributed by atoms with Crippen molar-refractivity contribution in [2.45, 2.75) is 58.0 Å². The Balaban J connectivity index is 0.000000159. The van der Waals surface area contributed by atoms with Crippen molar-refractivity contribution in [1.29, 1.82) is 0 Å². The number of hydrogen-bond acceptors (Lipinski definition) is 2. The molecule has 0 saturated heterocycles. The van der Waals surface area contributed by atoms with Crippen molar-refractivity contribution in [2.24, 2.45) is 0 Å². The number of hydrogen-bond donors (Lipinski definition) is 1. The van der Waals surface area contributed by atoms with E-state index in [2.05, 4.69) is 48.5 Å². The molecule has 0 atom stereocenters. The minimum atomic E-state index is 0.488. The number of aromatic hydroxyl groups is 1. The quantitative estimate of drug-likeness (QED) is 0.563. The van der Waals surface area contributed by atoms with Crippen molar-refractivity contribution in [3.05, 3.63) is 94.5 Å². The fraction of sp³-hybridized carbons (Fsp3) is 0.333. The van der Waals surface area contributed by atoms with Gasteiger partial charge >= 0.3 is 0 Å². The van der Waals surface area contributed by atoms with Crippen molar-refractivity contribution < 1.29 is 9.84 Å². The largest absolute Gasteiger partial charge is 0.508 e. The maximum Gasteiger partial charge on any atom is 0.123 e. The first-order valence-corrected chi connectivity index (χ1v) is 10.9. The fourth-order valence-corrected chi connectivity index (χ4v) is 4.38. The lowest BCUT2D eigenvalue weighted by molar-refractivity contribution is 0.301. The molecule has 0 bridgehead atoms. The van der Waals surface area contributed by atoms with Gasteiger partial charge in [-0.2, -0.15) is 0 Å². The summed E-state index contributed by atoms with van der Waals surface area (Å²) in [6.45, 7) is 0.664. The minimum Gasteiger partial charge on any atom is -0.508 e. The van der Waals surface area contributed by atoms with Crippen LogP contribution in [0.25, 0.3) is 0 Å². The third kappa shape index (κ3) is 5.00. The molecule has 0 aromatic heterocycles. The molecule has 2 aliphatic carbocycles. The number of benzene rings is 3. The Labute approximate surface area is 174 Å². The molecule has 0 spiro atoms. The summed E-state index contributed by atoms with van der Waals surface area (Å²) in [5.41, 5.74) is 6.66. The number of ether oxygens (including phenoxy) is 1. The van der Waals surface area contributed by atoms with E-state index in [9.17, 15) is 5.11 Å². The summed E-state index contributed by atoms with van der Waals surface area (Å²) in [7, 11) is 0. The molecule has 0 unspecified atom stereocenters. The van der Waals surface area contributed by atoms with Crippen LogP contribution in [0, 0.1) is 0 Å². The Bertz CT molecular complexity index is 931. The molecule has 29 heavy (non-hydrogen) atoms. The van der Waals surface area contributed by atoms with Gasteiger partial charge in [0.15, 0.2) is 0 Å². The van der Waals surface area contributed by atoms with Gasteiger partial charge in [-0.05, 0) is 91.3 Å². The molecule has 0 amide bonds. The second kappa shape index (κ2) is 9.65. The van der Waals surface area contributed by atoms with Crippen molar-refractivity contribution in [2.75, 3.05) is 0 Å². The number of rotatable bonds is 3. The normalized spacial score (nSPS) is 14.8. The number of phenolic OH excluding ortho intramolecular Hbond substituents is 1. The van der Waals surface area contributed by atoms with E-state index >= 15 is 0 Å². The summed E-state index contributed by atoms with van der Waals surface area (Å²) >= 11 is 0. The van der Waals surface area contributed by atoms with E-state index in [1.54, 1.807) is 6.07 Å². The third-order valence-electron chi connectivity index (χ3n) is 5.96. The van der Waals surface area contributed by atoms with Gasteiger partial charge < -0.3 is 9.84 Å². The summed E-state index contributed by atoms with van der Waals surface area (Å²) < 4.78 is 5.99. The zero-order valence-corrected chi connectivity index (χ0v) is 17.1. The van der Waals surface area contributed by atoms with Gasteiger partial charge in [-0.1, -0.05) is 54.6 Å². The van der Waals surface area contributed by atoms with Crippen LogP contribution in [0.4, 0.5) is 0 Å². The van der Waals surface area contributed by atoms with Gasteiger partial charge in [-0.25, -0.2) is 0 Å². The summed E-state index contributed by atoms with van der Waals surface area (Å²) in [6, 6.07) is 22.6. The van der Waals surface area contributed by atoms with Crippen LogP contribution in [0.5, 0.6) is 11.5 Å². The number of aryl methyl sites for hydroxylation is 2. The Kier molecular flexibility index (Phi) is 6.51. The van der Waals surface area contributed by atoms with E-state index < -0.39 is 0 Å². The van der Waals surface area contributed by atoms with Crippen molar-refractivity contribution in [3.63, 3.8) is 0 Å². The predicted molar refractivity (Wildman–Crippen MR) is 119 cm³/mol. The van der Waals surface area contributed by atoms with E-state index in [0.29, 0.717) is 12.4 Å². The van der Waals surface area contributed by atoms with Crippen LogP contribution in [-0.4, -0.2) is 5.11 Å². The molecule has 0 aliphatic heterocycles. The van der Waals surface area contributed by atoms with Crippen LogP contribution in [0.1, 0.15) is 53.5 Å². The zero-order chi connectivity index (χ0) is 19.9. The van der Waals surface area contributed by atoms with E-state index in [0.717, 1.165) is 18.6 Å². The van der Waals surface area contributed by atoms with E-state index in [1.165, 1.54) is 66.3 Å². The van der Waals surface area contributed by atoms with Crippen LogP contribution in [0.15, 0.2) is 66.7 Å². The molecular formula is C27H30O2.